The molecule has 0 aliphatic heterocycles. The summed E-state index contributed by atoms with van der Waals surface area (Å²) >= 11 is 0. The molecule has 12 heavy (non-hydrogen) atoms. The molecule has 0 aliphatic carbocycles. The number of fused-ring (bicyclic) bond motifs is 1. The zero-order valence-electron chi connectivity index (χ0n) is 6.27. The second-order valence-corrected chi connectivity index (χ2v) is 2.46. The van der Waals surface area contributed by atoms with Crippen molar-refractivity contribution in [3.8, 4) is 0 Å². The molecule has 0 atom stereocenters. The molecule has 2 aromatic rings. The lowest BCUT2D eigenvalue weighted by molar-refractivity contribution is 0.100. The summed E-state index contributed by atoms with van der Waals surface area (Å²) in [6.45, 7) is 0. The minimum atomic E-state index is -0.425. The van der Waals surface area contributed by atoms with Crippen LogP contribution >= 0.6 is 0 Å². The minimum absolute atomic E-state index is 0.425. The summed E-state index contributed by atoms with van der Waals surface area (Å²) in [7, 11) is 0. The van der Waals surface area contributed by atoms with Crippen LogP contribution in [0.2, 0.25) is 0 Å². The van der Waals surface area contributed by atoms with Gasteiger partial charge in [0.2, 0.25) is 0 Å². The number of amides is 1. The molecule has 0 fully saturated rings. The van der Waals surface area contributed by atoms with Gasteiger partial charge >= 0.3 is 0 Å². The van der Waals surface area contributed by atoms with E-state index in [-0.39, 0.29) is 0 Å². The molecule has 2 N–H and O–H groups in total. The molecule has 0 radical (unpaired) electrons. The van der Waals surface area contributed by atoms with Crippen LogP contribution in [0.15, 0.2) is 30.9 Å². The van der Waals surface area contributed by atoms with Gasteiger partial charge in [-0.05, 0) is 6.07 Å². The SMILES string of the molecule is NC(=O)c1ccn2ccncc12. The Labute approximate surface area is 68.6 Å². The summed E-state index contributed by atoms with van der Waals surface area (Å²) in [5.74, 6) is -0.425. The maximum Gasteiger partial charge on any atom is 0.250 e. The van der Waals surface area contributed by atoms with Crippen molar-refractivity contribution in [1.29, 1.82) is 0 Å². The molecule has 4 heteroatoms. The van der Waals surface area contributed by atoms with Gasteiger partial charge in [0.05, 0.1) is 17.3 Å². The van der Waals surface area contributed by atoms with Crippen LogP contribution in [-0.4, -0.2) is 15.3 Å². The van der Waals surface area contributed by atoms with E-state index in [1.165, 1.54) is 0 Å². The second kappa shape index (κ2) is 2.34. The van der Waals surface area contributed by atoms with Crippen molar-refractivity contribution in [3.63, 3.8) is 0 Å². The first-order valence-electron chi connectivity index (χ1n) is 3.49. The number of carbonyl (C=O) groups is 1. The van der Waals surface area contributed by atoms with Gasteiger partial charge in [-0.15, -0.1) is 0 Å². The Morgan fingerprint density at radius 3 is 3.08 bits per heavy atom. The Balaban J connectivity index is 2.79. The quantitative estimate of drug-likeness (QED) is 0.659. The van der Waals surface area contributed by atoms with E-state index >= 15 is 0 Å². The van der Waals surface area contributed by atoms with E-state index in [1.54, 1.807) is 35.3 Å². The fraction of sp³-hybridized carbons (Fsp3) is 0. The van der Waals surface area contributed by atoms with Crippen molar-refractivity contribution < 1.29 is 4.79 Å². The molecule has 4 nitrogen and oxygen atoms in total. The summed E-state index contributed by atoms with van der Waals surface area (Å²) in [5, 5.41) is 0. The lowest BCUT2D eigenvalue weighted by atomic mass is 10.3. The molecule has 0 aromatic carbocycles. The number of nitrogens with zero attached hydrogens (tertiary/aromatic N) is 2. The van der Waals surface area contributed by atoms with Crippen molar-refractivity contribution in [2.45, 2.75) is 0 Å². The third-order valence-corrected chi connectivity index (χ3v) is 1.73. The van der Waals surface area contributed by atoms with Crippen LogP contribution in [0.1, 0.15) is 10.4 Å². The Kier molecular flexibility index (Phi) is 1.33. The highest BCUT2D eigenvalue weighted by Crippen LogP contribution is 2.09. The van der Waals surface area contributed by atoms with Crippen molar-refractivity contribution in [2.24, 2.45) is 5.73 Å². The lowest BCUT2D eigenvalue weighted by Gasteiger charge is -1.93. The average molecular weight is 161 g/mol. The van der Waals surface area contributed by atoms with Gasteiger partial charge in [-0.1, -0.05) is 0 Å². The third kappa shape index (κ3) is 0.852. The van der Waals surface area contributed by atoms with Crippen molar-refractivity contribution in [2.75, 3.05) is 0 Å². The summed E-state index contributed by atoms with van der Waals surface area (Å²) in [6.07, 6.45) is 6.80. The fourth-order valence-corrected chi connectivity index (χ4v) is 1.16. The normalized spacial score (nSPS) is 10.3. The molecule has 0 aliphatic rings. The third-order valence-electron chi connectivity index (χ3n) is 1.73. The number of aromatic nitrogens is 2. The molecule has 0 saturated carbocycles. The van der Waals surface area contributed by atoms with Gasteiger partial charge in [0.25, 0.3) is 5.91 Å². The smallest absolute Gasteiger partial charge is 0.250 e. The van der Waals surface area contributed by atoms with Gasteiger partial charge in [-0.2, -0.15) is 0 Å². The van der Waals surface area contributed by atoms with Gasteiger partial charge in [-0.3, -0.25) is 9.78 Å². The monoisotopic (exact) mass is 161 g/mol. The van der Waals surface area contributed by atoms with E-state index in [1.807, 2.05) is 0 Å². The molecule has 0 spiro atoms. The molecule has 0 unspecified atom stereocenters. The topological polar surface area (TPSA) is 60.4 Å². The van der Waals surface area contributed by atoms with Crippen molar-refractivity contribution in [1.82, 2.24) is 9.38 Å². The first-order valence-corrected chi connectivity index (χ1v) is 3.49. The van der Waals surface area contributed by atoms with E-state index in [4.69, 9.17) is 5.73 Å². The van der Waals surface area contributed by atoms with Gasteiger partial charge < -0.3 is 10.1 Å². The molecule has 2 rings (SSSR count). The lowest BCUT2D eigenvalue weighted by Crippen LogP contribution is -2.10. The highest BCUT2D eigenvalue weighted by atomic mass is 16.1. The Morgan fingerprint density at radius 2 is 2.33 bits per heavy atom. The summed E-state index contributed by atoms with van der Waals surface area (Å²) < 4.78 is 1.80. The van der Waals surface area contributed by atoms with Gasteiger partial charge in [0.15, 0.2) is 0 Å². The second-order valence-electron chi connectivity index (χ2n) is 2.46. The van der Waals surface area contributed by atoms with Crippen LogP contribution in [-0.2, 0) is 0 Å². The van der Waals surface area contributed by atoms with E-state index in [0.29, 0.717) is 5.56 Å². The van der Waals surface area contributed by atoms with Gasteiger partial charge in [0.1, 0.15) is 0 Å². The maximum atomic E-state index is 10.9. The van der Waals surface area contributed by atoms with E-state index < -0.39 is 5.91 Å². The highest BCUT2D eigenvalue weighted by molar-refractivity contribution is 5.99. The van der Waals surface area contributed by atoms with Crippen molar-refractivity contribution >= 4 is 11.4 Å². The predicted molar refractivity (Wildman–Crippen MR) is 43.7 cm³/mol. The highest BCUT2D eigenvalue weighted by Gasteiger charge is 2.05. The maximum absolute atomic E-state index is 10.9. The average Bonchev–Trinajstić information content (AvgIpc) is 2.47. The molecular formula is C8H7N3O. The molecule has 0 saturated heterocycles. The largest absolute Gasteiger partial charge is 0.366 e. The van der Waals surface area contributed by atoms with Crippen LogP contribution in [0.4, 0.5) is 0 Å². The van der Waals surface area contributed by atoms with Crippen LogP contribution in [0.3, 0.4) is 0 Å². The molecule has 2 aromatic heterocycles. The minimum Gasteiger partial charge on any atom is -0.366 e. The molecule has 2 heterocycles. The number of primary amides is 1. The molecule has 1 amide bonds. The Bertz CT molecular complexity index is 433. The predicted octanol–water partition coefficient (Wildman–Crippen LogP) is 0.433. The molecule has 60 valence electrons. The molecular weight excluding hydrogens is 154 g/mol. The Hall–Kier alpha value is -1.84. The summed E-state index contributed by atoms with van der Waals surface area (Å²) in [4.78, 5) is 14.8. The van der Waals surface area contributed by atoms with Gasteiger partial charge in [-0.25, -0.2) is 0 Å². The first-order chi connectivity index (χ1) is 5.79. The van der Waals surface area contributed by atoms with Crippen LogP contribution < -0.4 is 5.73 Å². The standard InChI is InChI=1S/C8H7N3O/c9-8(12)6-1-3-11-4-2-10-5-7(6)11/h1-5H,(H2,9,12). The zero-order chi connectivity index (χ0) is 8.55. The first kappa shape index (κ1) is 6.84. The summed E-state index contributed by atoms with van der Waals surface area (Å²) in [5.41, 5.74) is 6.39. The van der Waals surface area contributed by atoms with E-state index in [9.17, 15) is 4.79 Å². The van der Waals surface area contributed by atoms with Gasteiger partial charge in [0, 0.05) is 18.6 Å². The number of rotatable bonds is 1. The number of hydrogen-bond acceptors (Lipinski definition) is 2. The Morgan fingerprint density at radius 1 is 1.50 bits per heavy atom. The number of carbonyl (C=O) groups excluding carboxylic acids is 1. The zero-order valence-corrected chi connectivity index (χ0v) is 6.27. The van der Waals surface area contributed by atoms with Crippen molar-refractivity contribution in [3.05, 3.63) is 36.4 Å². The number of hydrogen-bond donors (Lipinski definition) is 1. The molecule has 0 bridgehead atoms. The fourth-order valence-electron chi connectivity index (χ4n) is 1.16. The van der Waals surface area contributed by atoms with E-state index in [0.717, 1.165) is 5.52 Å². The summed E-state index contributed by atoms with van der Waals surface area (Å²) in [6, 6.07) is 1.68. The van der Waals surface area contributed by atoms with Crippen LogP contribution in [0.5, 0.6) is 0 Å². The number of nitrogens with two attached hydrogens (primary N) is 1. The van der Waals surface area contributed by atoms with Crippen LogP contribution in [0, 0.1) is 0 Å². The van der Waals surface area contributed by atoms with E-state index in [2.05, 4.69) is 4.98 Å². The van der Waals surface area contributed by atoms with Crippen LogP contribution in [0.25, 0.3) is 5.52 Å².